The van der Waals surface area contributed by atoms with Gasteiger partial charge in [0.05, 0.1) is 5.84 Å². The van der Waals surface area contributed by atoms with E-state index in [-0.39, 0.29) is 0 Å². The molecule has 1 aliphatic heterocycles. The molecule has 2 unspecified atom stereocenters. The minimum absolute atomic E-state index is 0.571. The number of nitrogens with zero attached hydrogens (tertiary/aromatic N) is 1. The maximum atomic E-state index is 8.42. The van der Waals surface area contributed by atoms with Crippen LogP contribution in [0.2, 0.25) is 0 Å². The van der Waals surface area contributed by atoms with E-state index in [1.807, 2.05) is 0 Å². The number of likely N-dealkylation sites (tertiary alicyclic amines) is 1. The SMILES string of the molecule is CC1CCC(C)N(C(=N)C2CCCCC2)C1. The van der Waals surface area contributed by atoms with Crippen molar-refractivity contribution in [3.8, 4) is 0 Å². The van der Waals surface area contributed by atoms with Crippen molar-refractivity contribution in [1.82, 2.24) is 4.90 Å². The van der Waals surface area contributed by atoms with Crippen molar-refractivity contribution in [2.45, 2.75) is 64.8 Å². The summed E-state index contributed by atoms with van der Waals surface area (Å²) >= 11 is 0. The molecule has 1 aliphatic carbocycles. The Balaban J connectivity index is 1.96. The lowest BCUT2D eigenvalue weighted by Crippen LogP contribution is -2.47. The van der Waals surface area contributed by atoms with Crippen molar-refractivity contribution in [3.63, 3.8) is 0 Å². The van der Waals surface area contributed by atoms with E-state index in [0.29, 0.717) is 12.0 Å². The van der Waals surface area contributed by atoms with Gasteiger partial charge in [-0.15, -0.1) is 0 Å². The summed E-state index contributed by atoms with van der Waals surface area (Å²) in [5.41, 5.74) is 0. The predicted molar refractivity (Wildman–Crippen MR) is 68.9 cm³/mol. The van der Waals surface area contributed by atoms with Gasteiger partial charge in [0.25, 0.3) is 0 Å². The van der Waals surface area contributed by atoms with Gasteiger partial charge in [-0.25, -0.2) is 0 Å². The van der Waals surface area contributed by atoms with Gasteiger partial charge in [0, 0.05) is 18.5 Å². The summed E-state index contributed by atoms with van der Waals surface area (Å²) in [6.07, 6.45) is 9.20. The van der Waals surface area contributed by atoms with E-state index >= 15 is 0 Å². The zero-order valence-corrected chi connectivity index (χ0v) is 10.8. The molecule has 2 nitrogen and oxygen atoms in total. The molecule has 2 atom stereocenters. The average Bonchev–Trinajstić information content (AvgIpc) is 2.32. The van der Waals surface area contributed by atoms with Gasteiger partial charge in [-0.1, -0.05) is 26.2 Å². The smallest absolute Gasteiger partial charge is 0.0991 e. The lowest BCUT2D eigenvalue weighted by Gasteiger charge is -2.41. The molecule has 0 aromatic rings. The van der Waals surface area contributed by atoms with Gasteiger partial charge in [0.1, 0.15) is 0 Å². The minimum atomic E-state index is 0.571. The Hall–Kier alpha value is -0.530. The number of rotatable bonds is 1. The highest BCUT2D eigenvalue weighted by atomic mass is 15.2. The molecule has 1 saturated heterocycles. The number of hydrogen-bond acceptors (Lipinski definition) is 1. The maximum absolute atomic E-state index is 8.42. The first kappa shape index (κ1) is 11.9. The van der Waals surface area contributed by atoms with Gasteiger partial charge in [0.2, 0.25) is 0 Å². The summed E-state index contributed by atoms with van der Waals surface area (Å²) < 4.78 is 0. The molecule has 1 N–H and O–H groups in total. The predicted octanol–water partition coefficient (Wildman–Crippen LogP) is 3.66. The van der Waals surface area contributed by atoms with Crippen LogP contribution in [0, 0.1) is 17.2 Å². The van der Waals surface area contributed by atoms with Gasteiger partial charge in [-0.05, 0) is 38.5 Å². The monoisotopic (exact) mass is 222 g/mol. The second-order valence-corrected chi connectivity index (χ2v) is 5.90. The first-order chi connectivity index (χ1) is 7.68. The molecule has 0 aromatic carbocycles. The van der Waals surface area contributed by atoms with Crippen LogP contribution in [0.3, 0.4) is 0 Å². The minimum Gasteiger partial charge on any atom is -0.357 e. The van der Waals surface area contributed by atoms with E-state index in [1.165, 1.54) is 44.9 Å². The topological polar surface area (TPSA) is 27.1 Å². The fourth-order valence-corrected chi connectivity index (χ4v) is 3.23. The van der Waals surface area contributed by atoms with Gasteiger partial charge in [-0.2, -0.15) is 0 Å². The second kappa shape index (κ2) is 5.20. The molecule has 2 fully saturated rings. The highest BCUT2D eigenvalue weighted by Gasteiger charge is 2.29. The molecule has 92 valence electrons. The van der Waals surface area contributed by atoms with Gasteiger partial charge < -0.3 is 4.90 Å². The van der Waals surface area contributed by atoms with Crippen molar-refractivity contribution in [2.24, 2.45) is 11.8 Å². The fourth-order valence-electron chi connectivity index (χ4n) is 3.23. The van der Waals surface area contributed by atoms with Crippen LogP contribution in [-0.2, 0) is 0 Å². The first-order valence-corrected chi connectivity index (χ1v) is 7.03. The van der Waals surface area contributed by atoms with E-state index < -0.39 is 0 Å². The molecule has 0 aromatic heterocycles. The van der Waals surface area contributed by atoms with E-state index in [9.17, 15) is 0 Å². The first-order valence-electron chi connectivity index (χ1n) is 7.03. The van der Waals surface area contributed by atoms with E-state index in [2.05, 4.69) is 18.7 Å². The van der Waals surface area contributed by atoms with Crippen LogP contribution in [-0.4, -0.2) is 23.3 Å². The van der Waals surface area contributed by atoms with Gasteiger partial charge in [0.15, 0.2) is 0 Å². The Bertz CT molecular complexity index is 243. The lowest BCUT2D eigenvalue weighted by atomic mass is 9.86. The van der Waals surface area contributed by atoms with Gasteiger partial charge >= 0.3 is 0 Å². The molecule has 2 rings (SSSR count). The molecular formula is C14H26N2. The third-order valence-electron chi connectivity index (χ3n) is 4.42. The highest BCUT2D eigenvalue weighted by molar-refractivity contribution is 5.82. The van der Waals surface area contributed by atoms with E-state index in [4.69, 9.17) is 5.41 Å². The van der Waals surface area contributed by atoms with Crippen molar-refractivity contribution in [1.29, 1.82) is 5.41 Å². The third kappa shape index (κ3) is 2.58. The summed E-state index contributed by atoms with van der Waals surface area (Å²) in [7, 11) is 0. The van der Waals surface area contributed by atoms with E-state index in [0.717, 1.165) is 18.3 Å². The van der Waals surface area contributed by atoms with Crippen LogP contribution in [0.1, 0.15) is 58.8 Å². The van der Waals surface area contributed by atoms with Crippen molar-refractivity contribution in [2.75, 3.05) is 6.54 Å². The summed E-state index contributed by atoms with van der Waals surface area (Å²) in [5.74, 6) is 2.31. The Morgan fingerprint density at radius 3 is 2.38 bits per heavy atom. The van der Waals surface area contributed by atoms with Crippen LogP contribution >= 0.6 is 0 Å². The molecule has 16 heavy (non-hydrogen) atoms. The molecule has 2 heteroatoms. The molecular weight excluding hydrogens is 196 g/mol. The second-order valence-electron chi connectivity index (χ2n) is 5.90. The summed E-state index contributed by atoms with van der Waals surface area (Å²) in [5, 5.41) is 8.42. The Labute approximate surface area is 99.9 Å². The van der Waals surface area contributed by atoms with Crippen molar-refractivity contribution >= 4 is 5.84 Å². The van der Waals surface area contributed by atoms with Crippen LogP contribution in [0.25, 0.3) is 0 Å². The average molecular weight is 222 g/mol. The zero-order valence-electron chi connectivity index (χ0n) is 10.8. The molecule has 0 radical (unpaired) electrons. The summed E-state index contributed by atoms with van der Waals surface area (Å²) in [4.78, 5) is 2.39. The summed E-state index contributed by atoms with van der Waals surface area (Å²) in [6.45, 7) is 5.74. The standard InChI is InChI=1S/C14H26N2/c1-11-8-9-12(2)16(10-11)14(15)13-6-4-3-5-7-13/h11-13,15H,3-10H2,1-2H3. The molecule has 1 heterocycles. The largest absolute Gasteiger partial charge is 0.357 e. The number of piperidine rings is 1. The van der Waals surface area contributed by atoms with Crippen molar-refractivity contribution in [3.05, 3.63) is 0 Å². The normalized spacial score (nSPS) is 32.8. The lowest BCUT2D eigenvalue weighted by molar-refractivity contribution is 0.192. The highest BCUT2D eigenvalue weighted by Crippen LogP contribution is 2.29. The van der Waals surface area contributed by atoms with Crippen LogP contribution < -0.4 is 0 Å². The Kier molecular flexibility index (Phi) is 3.88. The van der Waals surface area contributed by atoms with Crippen LogP contribution in [0.5, 0.6) is 0 Å². The summed E-state index contributed by atoms with van der Waals surface area (Å²) in [6, 6.07) is 0.602. The molecule has 0 amide bonds. The zero-order chi connectivity index (χ0) is 11.5. The molecule has 1 saturated carbocycles. The number of hydrogen-bond donors (Lipinski definition) is 1. The number of amidine groups is 1. The molecule has 0 bridgehead atoms. The molecule has 2 aliphatic rings. The maximum Gasteiger partial charge on any atom is 0.0991 e. The van der Waals surface area contributed by atoms with Gasteiger partial charge in [-0.3, -0.25) is 5.41 Å². The van der Waals surface area contributed by atoms with E-state index in [1.54, 1.807) is 0 Å². The van der Waals surface area contributed by atoms with Crippen molar-refractivity contribution < 1.29 is 0 Å². The quantitative estimate of drug-likeness (QED) is 0.532. The third-order valence-corrected chi connectivity index (χ3v) is 4.42. The fraction of sp³-hybridized carbons (Fsp3) is 0.929. The molecule has 0 spiro atoms. The Morgan fingerprint density at radius 2 is 1.69 bits per heavy atom. The van der Waals surface area contributed by atoms with Crippen LogP contribution in [0.4, 0.5) is 0 Å². The van der Waals surface area contributed by atoms with Crippen LogP contribution in [0.15, 0.2) is 0 Å². The Morgan fingerprint density at radius 1 is 1.00 bits per heavy atom. The number of nitrogens with one attached hydrogen (secondary N) is 1.